The van der Waals surface area contributed by atoms with Crippen LogP contribution in [-0.2, 0) is 13.1 Å². The van der Waals surface area contributed by atoms with Crippen LogP contribution in [0.15, 0.2) is 61.1 Å². The second-order valence-electron chi connectivity index (χ2n) is 8.50. The number of fused-ring (bicyclic) bond motifs is 1. The Balaban J connectivity index is 1.14. The molecule has 2 saturated heterocycles. The van der Waals surface area contributed by atoms with Gasteiger partial charge < -0.3 is 14.6 Å². The van der Waals surface area contributed by atoms with Crippen molar-refractivity contribution in [2.45, 2.75) is 25.9 Å². The van der Waals surface area contributed by atoms with E-state index in [-0.39, 0.29) is 11.4 Å². The zero-order valence-electron chi connectivity index (χ0n) is 16.6. The average molecular weight is 390 g/mol. The van der Waals surface area contributed by atoms with Gasteiger partial charge in [0.1, 0.15) is 5.65 Å². The van der Waals surface area contributed by atoms with Crippen LogP contribution in [0.1, 0.15) is 24.0 Å². The highest BCUT2D eigenvalue weighted by atomic mass is 16.2. The summed E-state index contributed by atoms with van der Waals surface area (Å²) in [6, 6.07) is 14.8. The van der Waals surface area contributed by atoms with Crippen LogP contribution in [0.25, 0.3) is 5.65 Å². The van der Waals surface area contributed by atoms with E-state index in [4.69, 9.17) is 0 Å². The molecule has 2 aliphatic rings. The van der Waals surface area contributed by atoms with Gasteiger partial charge in [0.2, 0.25) is 0 Å². The van der Waals surface area contributed by atoms with Gasteiger partial charge in [-0.2, -0.15) is 0 Å². The van der Waals surface area contributed by atoms with Gasteiger partial charge in [-0.1, -0.05) is 30.3 Å². The number of carbonyl (C=O) groups excluding carboxylic acids is 1. The smallest absolute Gasteiger partial charge is 0.317 e. The van der Waals surface area contributed by atoms with Crippen LogP contribution in [-0.4, -0.2) is 51.4 Å². The number of nitrogens with zero attached hydrogens (tertiary/aromatic N) is 4. The zero-order chi connectivity index (χ0) is 19.7. The average Bonchev–Trinajstić information content (AvgIpc) is 3.47. The third-order valence-corrected chi connectivity index (χ3v) is 6.40. The molecular weight excluding hydrogens is 362 g/mol. The summed E-state index contributed by atoms with van der Waals surface area (Å²) in [6.45, 7) is 5.46. The summed E-state index contributed by atoms with van der Waals surface area (Å²) in [6.07, 6.45) is 7.97. The number of aromatic nitrogens is 2. The number of amides is 2. The molecule has 1 atom stereocenters. The Morgan fingerprint density at radius 3 is 2.79 bits per heavy atom. The standard InChI is InChI=1S/C23H27N5O/c29-22(25-15-20-6-10-27-13-9-24-21(27)14-20)28-12-8-23(18-28)7-11-26(17-23)16-19-4-2-1-3-5-19/h1-6,9-10,13-14H,7-8,11-12,15-18H2,(H,25,29). The molecule has 150 valence electrons. The number of nitrogens with one attached hydrogen (secondary N) is 1. The Bertz CT molecular complexity index is 1000. The number of likely N-dealkylation sites (tertiary alicyclic amines) is 2. The molecule has 5 rings (SSSR count). The molecule has 2 fully saturated rings. The number of benzene rings is 1. The lowest BCUT2D eigenvalue weighted by Gasteiger charge is -2.25. The summed E-state index contributed by atoms with van der Waals surface area (Å²) in [7, 11) is 0. The van der Waals surface area contributed by atoms with E-state index in [1.165, 1.54) is 12.0 Å². The maximum Gasteiger partial charge on any atom is 0.317 e. The molecule has 0 bridgehead atoms. The molecule has 2 aromatic heterocycles. The van der Waals surface area contributed by atoms with Crippen molar-refractivity contribution in [1.82, 2.24) is 24.5 Å². The lowest BCUT2D eigenvalue weighted by atomic mass is 9.86. The van der Waals surface area contributed by atoms with Crippen LogP contribution in [0, 0.1) is 5.41 Å². The fourth-order valence-electron chi connectivity index (χ4n) is 4.80. The molecule has 3 aromatic rings. The largest absolute Gasteiger partial charge is 0.334 e. The third kappa shape index (κ3) is 3.85. The second kappa shape index (κ2) is 7.52. The molecule has 6 nitrogen and oxygen atoms in total. The molecule has 2 aliphatic heterocycles. The highest BCUT2D eigenvalue weighted by molar-refractivity contribution is 5.74. The van der Waals surface area contributed by atoms with Gasteiger partial charge in [-0.05, 0) is 42.6 Å². The fraction of sp³-hybridized carbons (Fsp3) is 0.391. The van der Waals surface area contributed by atoms with Crippen LogP contribution in [0.3, 0.4) is 0 Å². The minimum atomic E-state index is 0.0478. The van der Waals surface area contributed by atoms with Crippen LogP contribution in [0.4, 0.5) is 4.79 Å². The predicted octanol–water partition coefficient (Wildman–Crippen LogP) is 3.14. The Hall–Kier alpha value is -2.86. The van der Waals surface area contributed by atoms with Gasteiger partial charge in [-0.15, -0.1) is 0 Å². The topological polar surface area (TPSA) is 52.9 Å². The van der Waals surface area contributed by atoms with Crippen molar-refractivity contribution in [1.29, 1.82) is 0 Å². The van der Waals surface area contributed by atoms with Crippen LogP contribution < -0.4 is 5.32 Å². The number of rotatable bonds is 4. The Morgan fingerprint density at radius 1 is 1.03 bits per heavy atom. The normalized spacial score (nSPS) is 22.0. The van der Waals surface area contributed by atoms with Gasteiger partial charge in [-0.25, -0.2) is 9.78 Å². The first kappa shape index (κ1) is 18.2. The predicted molar refractivity (Wildman–Crippen MR) is 112 cm³/mol. The maximum atomic E-state index is 12.7. The van der Waals surface area contributed by atoms with E-state index < -0.39 is 0 Å². The van der Waals surface area contributed by atoms with Gasteiger partial charge in [0.05, 0.1) is 0 Å². The second-order valence-corrected chi connectivity index (χ2v) is 8.50. The van der Waals surface area contributed by atoms with Crippen LogP contribution >= 0.6 is 0 Å². The molecule has 6 heteroatoms. The van der Waals surface area contributed by atoms with Gasteiger partial charge in [0.25, 0.3) is 0 Å². The fourth-order valence-corrected chi connectivity index (χ4v) is 4.80. The Kier molecular flexibility index (Phi) is 4.72. The number of hydrogen-bond donors (Lipinski definition) is 1. The number of imidazole rings is 1. The first-order chi connectivity index (χ1) is 14.2. The Morgan fingerprint density at radius 2 is 1.90 bits per heavy atom. The Labute approximate surface area is 171 Å². The van der Waals surface area contributed by atoms with E-state index in [9.17, 15) is 4.79 Å². The minimum Gasteiger partial charge on any atom is -0.334 e. The lowest BCUT2D eigenvalue weighted by Crippen LogP contribution is -2.40. The number of carbonyl (C=O) groups is 1. The molecule has 0 saturated carbocycles. The molecule has 1 spiro atoms. The lowest BCUT2D eigenvalue weighted by molar-refractivity contribution is 0.197. The van der Waals surface area contributed by atoms with E-state index in [1.54, 1.807) is 6.20 Å². The first-order valence-electron chi connectivity index (χ1n) is 10.4. The summed E-state index contributed by atoms with van der Waals surface area (Å²) in [5.74, 6) is 0. The van der Waals surface area contributed by atoms with E-state index in [0.717, 1.165) is 50.4 Å². The number of hydrogen-bond acceptors (Lipinski definition) is 3. The van der Waals surface area contributed by atoms with Crippen LogP contribution in [0.5, 0.6) is 0 Å². The van der Waals surface area contributed by atoms with Crippen molar-refractivity contribution in [3.63, 3.8) is 0 Å². The quantitative estimate of drug-likeness (QED) is 0.746. The molecule has 0 aliphatic carbocycles. The van der Waals surface area contributed by atoms with E-state index in [1.807, 2.05) is 33.8 Å². The van der Waals surface area contributed by atoms with Crippen molar-refractivity contribution in [3.8, 4) is 0 Å². The summed E-state index contributed by atoms with van der Waals surface area (Å²) in [5.41, 5.74) is 3.61. The highest BCUT2D eigenvalue weighted by Gasteiger charge is 2.44. The van der Waals surface area contributed by atoms with Gasteiger partial charge >= 0.3 is 6.03 Å². The first-order valence-corrected chi connectivity index (χ1v) is 10.4. The van der Waals surface area contributed by atoms with E-state index >= 15 is 0 Å². The molecule has 29 heavy (non-hydrogen) atoms. The van der Waals surface area contributed by atoms with Crippen molar-refractivity contribution in [2.75, 3.05) is 26.2 Å². The molecule has 1 unspecified atom stereocenters. The molecule has 1 aromatic carbocycles. The summed E-state index contributed by atoms with van der Waals surface area (Å²) < 4.78 is 1.97. The molecule has 0 radical (unpaired) electrons. The van der Waals surface area contributed by atoms with Crippen molar-refractivity contribution < 1.29 is 4.79 Å². The number of urea groups is 1. The molecule has 1 N–H and O–H groups in total. The summed E-state index contributed by atoms with van der Waals surface area (Å²) in [5, 5.41) is 3.09. The molecule has 2 amide bonds. The van der Waals surface area contributed by atoms with E-state index in [0.29, 0.717) is 6.54 Å². The molecule has 4 heterocycles. The van der Waals surface area contributed by atoms with Crippen molar-refractivity contribution >= 4 is 11.7 Å². The third-order valence-electron chi connectivity index (χ3n) is 6.40. The van der Waals surface area contributed by atoms with Gasteiger partial charge in [0.15, 0.2) is 0 Å². The maximum absolute atomic E-state index is 12.7. The van der Waals surface area contributed by atoms with E-state index in [2.05, 4.69) is 45.5 Å². The monoisotopic (exact) mass is 389 g/mol. The SMILES string of the molecule is O=C(NCc1ccn2ccnc2c1)N1CCC2(CCN(Cc3ccccc3)C2)C1. The van der Waals surface area contributed by atoms with Gasteiger partial charge in [0, 0.05) is 56.7 Å². The minimum absolute atomic E-state index is 0.0478. The van der Waals surface area contributed by atoms with Crippen molar-refractivity contribution in [2.24, 2.45) is 5.41 Å². The summed E-state index contributed by atoms with van der Waals surface area (Å²) in [4.78, 5) is 21.6. The summed E-state index contributed by atoms with van der Waals surface area (Å²) >= 11 is 0. The highest BCUT2D eigenvalue weighted by Crippen LogP contribution is 2.39. The number of pyridine rings is 1. The van der Waals surface area contributed by atoms with Crippen LogP contribution in [0.2, 0.25) is 0 Å². The zero-order valence-corrected chi connectivity index (χ0v) is 16.6. The molecular formula is C23H27N5O. The van der Waals surface area contributed by atoms with Crippen molar-refractivity contribution in [3.05, 3.63) is 72.2 Å². The van der Waals surface area contributed by atoms with Gasteiger partial charge in [-0.3, -0.25) is 4.90 Å².